The SMILES string of the molecule is CCNC(Cc1ccc(F)cc1C)c1ccc(I)c(Cl)c1. The van der Waals surface area contributed by atoms with Crippen LogP contribution in [-0.2, 0) is 6.42 Å². The van der Waals surface area contributed by atoms with Gasteiger partial charge in [-0.3, -0.25) is 0 Å². The fraction of sp³-hybridized carbons (Fsp3) is 0.294. The van der Waals surface area contributed by atoms with Crippen molar-refractivity contribution in [3.8, 4) is 0 Å². The van der Waals surface area contributed by atoms with E-state index in [0.717, 1.165) is 38.2 Å². The van der Waals surface area contributed by atoms with Crippen LogP contribution in [0.3, 0.4) is 0 Å². The fourth-order valence-corrected chi connectivity index (χ4v) is 2.92. The third-order valence-electron chi connectivity index (χ3n) is 3.53. The molecule has 21 heavy (non-hydrogen) atoms. The van der Waals surface area contributed by atoms with Crippen molar-refractivity contribution in [3.63, 3.8) is 0 Å². The number of aryl methyl sites for hydroxylation is 1. The molecule has 2 aromatic rings. The maximum Gasteiger partial charge on any atom is 0.123 e. The molecule has 0 amide bonds. The molecular weight excluding hydrogens is 400 g/mol. The lowest BCUT2D eigenvalue weighted by atomic mass is 9.96. The summed E-state index contributed by atoms with van der Waals surface area (Å²) in [7, 11) is 0. The highest BCUT2D eigenvalue weighted by Gasteiger charge is 2.14. The Morgan fingerprint density at radius 3 is 2.62 bits per heavy atom. The van der Waals surface area contributed by atoms with Crippen LogP contribution < -0.4 is 5.32 Å². The van der Waals surface area contributed by atoms with Crippen LogP contribution in [0.15, 0.2) is 36.4 Å². The molecule has 0 aliphatic rings. The van der Waals surface area contributed by atoms with Crippen LogP contribution >= 0.6 is 34.2 Å². The molecule has 1 nitrogen and oxygen atoms in total. The van der Waals surface area contributed by atoms with Crippen LogP contribution in [0.5, 0.6) is 0 Å². The van der Waals surface area contributed by atoms with Crippen molar-refractivity contribution in [2.45, 2.75) is 26.3 Å². The first-order valence-electron chi connectivity index (χ1n) is 6.94. The van der Waals surface area contributed by atoms with Gasteiger partial charge in [-0.05, 0) is 83.4 Å². The summed E-state index contributed by atoms with van der Waals surface area (Å²) in [6.45, 7) is 4.90. The Balaban J connectivity index is 2.28. The molecule has 0 bridgehead atoms. The normalized spacial score (nSPS) is 12.4. The fourth-order valence-electron chi connectivity index (χ4n) is 2.39. The Hall–Kier alpha value is -0.650. The number of halogens is 3. The Morgan fingerprint density at radius 2 is 2.00 bits per heavy atom. The minimum atomic E-state index is -0.187. The zero-order chi connectivity index (χ0) is 15.4. The van der Waals surface area contributed by atoms with E-state index in [1.54, 1.807) is 6.07 Å². The summed E-state index contributed by atoms with van der Waals surface area (Å²) in [6, 6.07) is 11.3. The predicted molar refractivity (Wildman–Crippen MR) is 95.4 cm³/mol. The number of likely N-dealkylation sites (N-methyl/N-ethyl adjacent to an activating group) is 1. The van der Waals surface area contributed by atoms with Crippen molar-refractivity contribution in [1.29, 1.82) is 0 Å². The van der Waals surface area contributed by atoms with E-state index < -0.39 is 0 Å². The lowest BCUT2D eigenvalue weighted by Gasteiger charge is -2.20. The van der Waals surface area contributed by atoms with E-state index in [1.165, 1.54) is 6.07 Å². The highest BCUT2D eigenvalue weighted by Crippen LogP contribution is 2.26. The van der Waals surface area contributed by atoms with Gasteiger partial charge in [-0.25, -0.2) is 4.39 Å². The summed E-state index contributed by atoms with van der Waals surface area (Å²) >= 11 is 8.45. The molecular formula is C17H18ClFIN. The van der Waals surface area contributed by atoms with Crippen LogP contribution in [0, 0.1) is 16.3 Å². The number of hydrogen-bond donors (Lipinski definition) is 1. The molecule has 2 rings (SSSR count). The summed E-state index contributed by atoms with van der Waals surface area (Å²) < 4.78 is 14.3. The number of nitrogens with one attached hydrogen (secondary N) is 1. The molecule has 2 aromatic carbocycles. The van der Waals surface area contributed by atoms with Gasteiger partial charge in [0, 0.05) is 9.61 Å². The van der Waals surface area contributed by atoms with Crippen molar-refractivity contribution in [2.24, 2.45) is 0 Å². The third-order valence-corrected chi connectivity index (χ3v) is 5.10. The molecule has 0 aromatic heterocycles. The molecule has 1 unspecified atom stereocenters. The van der Waals surface area contributed by atoms with Gasteiger partial charge in [0.2, 0.25) is 0 Å². The van der Waals surface area contributed by atoms with Crippen molar-refractivity contribution >= 4 is 34.2 Å². The first-order valence-corrected chi connectivity index (χ1v) is 8.40. The monoisotopic (exact) mass is 417 g/mol. The molecule has 1 N–H and O–H groups in total. The summed E-state index contributed by atoms with van der Waals surface area (Å²) in [4.78, 5) is 0. The summed E-state index contributed by atoms with van der Waals surface area (Å²) in [5.41, 5.74) is 3.29. The third kappa shape index (κ3) is 4.41. The van der Waals surface area contributed by atoms with Crippen LogP contribution in [0.4, 0.5) is 4.39 Å². The molecule has 0 heterocycles. The van der Waals surface area contributed by atoms with E-state index in [-0.39, 0.29) is 11.9 Å². The number of hydrogen-bond acceptors (Lipinski definition) is 1. The second kappa shape index (κ2) is 7.56. The molecule has 0 fully saturated rings. The van der Waals surface area contributed by atoms with Crippen molar-refractivity contribution < 1.29 is 4.39 Å². The van der Waals surface area contributed by atoms with Gasteiger partial charge >= 0.3 is 0 Å². The molecule has 0 spiro atoms. The molecule has 1 atom stereocenters. The van der Waals surface area contributed by atoms with Gasteiger partial charge in [0.05, 0.1) is 5.02 Å². The average molecular weight is 418 g/mol. The summed E-state index contributed by atoms with van der Waals surface area (Å²) in [6.07, 6.45) is 0.816. The van der Waals surface area contributed by atoms with Crippen molar-refractivity contribution in [3.05, 3.63) is 67.5 Å². The highest BCUT2D eigenvalue weighted by molar-refractivity contribution is 14.1. The maximum absolute atomic E-state index is 13.2. The largest absolute Gasteiger partial charge is 0.310 e. The first-order chi connectivity index (χ1) is 10.0. The minimum absolute atomic E-state index is 0.175. The molecule has 112 valence electrons. The summed E-state index contributed by atoms with van der Waals surface area (Å²) in [5, 5.41) is 4.25. The Morgan fingerprint density at radius 1 is 1.24 bits per heavy atom. The van der Waals surface area contributed by atoms with E-state index in [0.29, 0.717) is 0 Å². The van der Waals surface area contributed by atoms with Gasteiger partial charge in [0.15, 0.2) is 0 Å². The quantitative estimate of drug-likeness (QED) is 0.652. The van der Waals surface area contributed by atoms with Crippen LogP contribution in [0.25, 0.3) is 0 Å². The molecule has 0 saturated carbocycles. The Labute approximate surface area is 144 Å². The Bertz CT molecular complexity index is 630. The highest BCUT2D eigenvalue weighted by atomic mass is 127. The van der Waals surface area contributed by atoms with E-state index in [1.807, 2.05) is 25.1 Å². The van der Waals surface area contributed by atoms with E-state index >= 15 is 0 Å². The van der Waals surface area contributed by atoms with E-state index in [2.05, 4.69) is 40.9 Å². The van der Waals surface area contributed by atoms with Gasteiger partial charge in [-0.2, -0.15) is 0 Å². The zero-order valence-electron chi connectivity index (χ0n) is 12.1. The standard InChI is InChI=1S/C17H18ClFIN/c1-3-21-17(13-5-7-16(20)15(18)9-13)10-12-4-6-14(19)8-11(12)2/h4-9,17,21H,3,10H2,1-2H3. The number of rotatable bonds is 5. The van der Waals surface area contributed by atoms with Crippen LogP contribution in [0.2, 0.25) is 5.02 Å². The smallest absolute Gasteiger partial charge is 0.123 e. The molecule has 0 radical (unpaired) electrons. The van der Waals surface area contributed by atoms with Gasteiger partial charge < -0.3 is 5.32 Å². The molecule has 0 aliphatic heterocycles. The van der Waals surface area contributed by atoms with Gasteiger partial charge in [0.1, 0.15) is 5.82 Å². The summed E-state index contributed by atoms with van der Waals surface area (Å²) in [5.74, 6) is -0.187. The molecule has 4 heteroatoms. The van der Waals surface area contributed by atoms with Crippen LogP contribution in [0.1, 0.15) is 29.7 Å². The van der Waals surface area contributed by atoms with E-state index in [4.69, 9.17) is 11.6 Å². The van der Waals surface area contributed by atoms with Crippen LogP contribution in [-0.4, -0.2) is 6.54 Å². The predicted octanol–water partition coefficient (Wildman–Crippen LogP) is 5.29. The Kier molecular flexibility index (Phi) is 6.02. The first kappa shape index (κ1) is 16.7. The minimum Gasteiger partial charge on any atom is -0.310 e. The molecule has 0 aliphatic carbocycles. The number of benzene rings is 2. The van der Waals surface area contributed by atoms with Crippen molar-refractivity contribution in [1.82, 2.24) is 5.32 Å². The van der Waals surface area contributed by atoms with Gasteiger partial charge in [0.25, 0.3) is 0 Å². The van der Waals surface area contributed by atoms with E-state index in [9.17, 15) is 4.39 Å². The zero-order valence-corrected chi connectivity index (χ0v) is 15.0. The second-order valence-electron chi connectivity index (χ2n) is 5.06. The lowest BCUT2D eigenvalue weighted by Crippen LogP contribution is -2.23. The maximum atomic E-state index is 13.2. The molecule has 0 saturated heterocycles. The second-order valence-corrected chi connectivity index (χ2v) is 6.63. The van der Waals surface area contributed by atoms with Crippen molar-refractivity contribution in [2.75, 3.05) is 6.54 Å². The van der Waals surface area contributed by atoms with Gasteiger partial charge in [-0.1, -0.05) is 30.7 Å². The average Bonchev–Trinajstić information content (AvgIpc) is 2.44. The lowest BCUT2D eigenvalue weighted by molar-refractivity contribution is 0.547. The van der Waals surface area contributed by atoms with Gasteiger partial charge in [-0.15, -0.1) is 0 Å². The topological polar surface area (TPSA) is 12.0 Å².